The highest BCUT2D eigenvalue weighted by atomic mass is 16.5. The first kappa shape index (κ1) is 15.3. The Morgan fingerprint density at radius 1 is 1.32 bits per heavy atom. The summed E-state index contributed by atoms with van der Waals surface area (Å²) < 4.78 is 10.0. The van der Waals surface area contributed by atoms with Crippen molar-refractivity contribution in [2.45, 2.75) is 26.2 Å². The number of ether oxygens (including phenoxy) is 2. The number of methoxy groups -OCH3 is 2. The number of carbonyl (C=O) groups excluding carboxylic acids is 1. The van der Waals surface area contributed by atoms with E-state index in [4.69, 9.17) is 4.74 Å². The zero-order valence-electron chi connectivity index (χ0n) is 12.4. The minimum Gasteiger partial charge on any atom is -0.496 e. The van der Waals surface area contributed by atoms with E-state index >= 15 is 0 Å². The molecule has 0 heterocycles. The Morgan fingerprint density at radius 3 is 2.53 bits per heavy atom. The smallest absolute Gasteiger partial charge is 0.409 e. The molecule has 0 aliphatic carbocycles. The summed E-state index contributed by atoms with van der Waals surface area (Å²) in [4.78, 5) is 12.9. The maximum atomic E-state index is 11.3. The van der Waals surface area contributed by atoms with Crippen molar-refractivity contribution in [1.29, 1.82) is 0 Å². The highest BCUT2D eigenvalue weighted by Gasteiger charge is 2.11. The molecule has 0 fully saturated rings. The molecule has 0 aliphatic heterocycles. The molecular weight excluding hydrogens is 242 g/mol. The van der Waals surface area contributed by atoms with E-state index in [1.165, 1.54) is 18.2 Å². The molecule has 1 aromatic carbocycles. The maximum absolute atomic E-state index is 11.3. The van der Waals surface area contributed by atoms with E-state index in [2.05, 4.69) is 24.7 Å². The van der Waals surface area contributed by atoms with Crippen LogP contribution in [0.3, 0.4) is 0 Å². The summed E-state index contributed by atoms with van der Waals surface area (Å²) in [7, 11) is 4.81. The first-order valence-corrected chi connectivity index (χ1v) is 6.45. The van der Waals surface area contributed by atoms with Crippen molar-refractivity contribution in [1.82, 2.24) is 4.90 Å². The topological polar surface area (TPSA) is 38.8 Å². The monoisotopic (exact) mass is 265 g/mol. The van der Waals surface area contributed by atoms with Crippen molar-refractivity contribution >= 4 is 6.09 Å². The second kappa shape index (κ2) is 7.02. The fourth-order valence-electron chi connectivity index (χ4n) is 1.93. The minimum absolute atomic E-state index is 0.308. The van der Waals surface area contributed by atoms with Crippen LogP contribution in [0.1, 0.15) is 30.9 Å². The minimum atomic E-state index is -0.308. The van der Waals surface area contributed by atoms with Crippen LogP contribution < -0.4 is 4.74 Å². The molecule has 0 spiro atoms. The van der Waals surface area contributed by atoms with Crippen LogP contribution in [0, 0.1) is 0 Å². The molecule has 0 unspecified atom stereocenters. The van der Waals surface area contributed by atoms with Crippen LogP contribution >= 0.6 is 0 Å². The summed E-state index contributed by atoms with van der Waals surface area (Å²) in [5.41, 5.74) is 2.39. The Morgan fingerprint density at radius 2 is 2.00 bits per heavy atom. The summed E-state index contributed by atoms with van der Waals surface area (Å²) in [6.07, 6.45) is 0.493. The highest BCUT2D eigenvalue weighted by molar-refractivity contribution is 5.66. The van der Waals surface area contributed by atoms with Crippen LogP contribution in [0.15, 0.2) is 18.2 Å². The lowest BCUT2D eigenvalue weighted by molar-refractivity contribution is 0.134. The zero-order valence-corrected chi connectivity index (χ0v) is 12.4. The van der Waals surface area contributed by atoms with Gasteiger partial charge in [0.1, 0.15) is 5.75 Å². The number of carbonyl (C=O) groups is 1. The molecule has 0 bridgehead atoms. The van der Waals surface area contributed by atoms with Gasteiger partial charge in [-0.05, 0) is 29.5 Å². The molecule has 0 saturated heterocycles. The average molecular weight is 265 g/mol. The first-order chi connectivity index (χ1) is 8.99. The van der Waals surface area contributed by atoms with E-state index in [9.17, 15) is 4.79 Å². The van der Waals surface area contributed by atoms with E-state index in [0.29, 0.717) is 12.5 Å². The second-order valence-corrected chi connectivity index (χ2v) is 4.87. The summed E-state index contributed by atoms with van der Waals surface area (Å²) in [5.74, 6) is 1.33. The van der Waals surface area contributed by atoms with Crippen LogP contribution in [-0.2, 0) is 11.2 Å². The second-order valence-electron chi connectivity index (χ2n) is 4.87. The molecule has 0 radical (unpaired) electrons. The molecule has 0 atom stereocenters. The Bertz CT molecular complexity index is 429. The molecule has 1 rings (SSSR count). The van der Waals surface area contributed by atoms with Gasteiger partial charge >= 0.3 is 6.09 Å². The van der Waals surface area contributed by atoms with E-state index in [1.807, 2.05) is 12.1 Å². The molecule has 0 N–H and O–H groups in total. The van der Waals surface area contributed by atoms with E-state index in [0.717, 1.165) is 12.2 Å². The Balaban J connectivity index is 2.75. The first-order valence-electron chi connectivity index (χ1n) is 6.45. The van der Waals surface area contributed by atoms with Gasteiger partial charge in [-0.1, -0.05) is 26.0 Å². The number of rotatable bonds is 5. The Kier molecular flexibility index (Phi) is 5.67. The van der Waals surface area contributed by atoms with Crippen molar-refractivity contribution in [2.75, 3.05) is 27.8 Å². The van der Waals surface area contributed by atoms with Crippen LogP contribution in [0.5, 0.6) is 5.75 Å². The van der Waals surface area contributed by atoms with Crippen molar-refractivity contribution in [3.05, 3.63) is 29.3 Å². The number of likely N-dealkylation sites (N-methyl/N-ethyl adjacent to an activating group) is 1. The molecule has 4 nitrogen and oxygen atoms in total. The average Bonchev–Trinajstić information content (AvgIpc) is 2.43. The highest BCUT2D eigenvalue weighted by Crippen LogP contribution is 2.27. The van der Waals surface area contributed by atoms with Crippen molar-refractivity contribution in [3.8, 4) is 5.75 Å². The molecule has 0 saturated carbocycles. The summed E-state index contributed by atoms with van der Waals surface area (Å²) in [6.45, 7) is 4.92. The molecular formula is C15H23NO3. The van der Waals surface area contributed by atoms with Gasteiger partial charge in [0.2, 0.25) is 0 Å². The third-order valence-corrected chi connectivity index (χ3v) is 3.14. The van der Waals surface area contributed by atoms with Crippen LogP contribution in [-0.4, -0.2) is 38.8 Å². The zero-order chi connectivity index (χ0) is 14.4. The molecule has 4 heteroatoms. The third-order valence-electron chi connectivity index (χ3n) is 3.14. The van der Waals surface area contributed by atoms with Gasteiger partial charge in [0.05, 0.1) is 14.2 Å². The van der Waals surface area contributed by atoms with Gasteiger partial charge in [-0.3, -0.25) is 0 Å². The fraction of sp³-hybridized carbons (Fsp3) is 0.533. The van der Waals surface area contributed by atoms with Gasteiger partial charge in [-0.2, -0.15) is 0 Å². The lowest BCUT2D eigenvalue weighted by Crippen LogP contribution is -2.28. The van der Waals surface area contributed by atoms with Gasteiger partial charge in [0, 0.05) is 13.6 Å². The number of nitrogens with zero attached hydrogens (tertiary/aromatic N) is 1. The fourth-order valence-corrected chi connectivity index (χ4v) is 1.93. The lowest BCUT2D eigenvalue weighted by atomic mass is 9.98. The predicted molar refractivity (Wildman–Crippen MR) is 75.8 cm³/mol. The van der Waals surface area contributed by atoms with Gasteiger partial charge in [0.25, 0.3) is 0 Å². The quantitative estimate of drug-likeness (QED) is 0.821. The van der Waals surface area contributed by atoms with E-state index in [-0.39, 0.29) is 6.09 Å². The third kappa shape index (κ3) is 4.16. The van der Waals surface area contributed by atoms with Crippen LogP contribution in [0.2, 0.25) is 0 Å². The van der Waals surface area contributed by atoms with Gasteiger partial charge in [-0.15, -0.1) is 0 Å². The van der Waals surface area contributed by atoms with Gasteiger partial charge in [0.15, 0.2) is 0 Å². The number of hydrogen-bond acceptors (Lipinski definition) is 3. The molecule has 19 heavy (non-hydrogen) atoms. The predicted octanol–water partition coefficient (Wildman–Crippen LogP) is 3.06. The standard InChI is InChI=1S/C15H23NO3/c1-11(2)13-10-12(6-7-14(13)18-4)8-9-16(3)15(17)19-5/h6-7,10-11H,8-9H2,1-5H3. The van der Waals surface area contributed by atoms with Gasteiger partial charge in [-0.25, -0.2) is 4.79 Å². The van der Waals surface area contributed by atoms with Gasteiger partial charge < -0.3 is 14.4 Å². The summed E-state index contributed by atoms with van der Waals surface area (Å²) >= 11 is 0. The molecule has 1 amide bonds. The molecule has 1 aromatic rings. The van der Waals surface area contributed by atoms with E-state index < -0.39 is 0 Å². The van der Waals surface area contributed by atoms with Crippen molar-refractivity contribution in [3.63, 3.8) is 0 Å². The number of benzene rings is 1. The summed E-state index contributed by atoms with van der Waals surface area (Å²) in [6, 6.07) is 6.17. The largest absolute Gasteiger partial charge is 0.496 e. The number of amides is 1. The van der Waals surface area contributed by atoms with Crippen LogP contribution in [0.4, 0.5) is 4.79 Å². The Labute approximate surface area is 115 Å². The normalized spacial score (nSPS) is 10.4. The molecule has 0 aliphatic rings. The van der Waals surface area contributed by atoms with Crippen molar-refractivity contribution < 1.29 is 14.3 Å². The van der Waals surface area contributed by atoms with Crippen molar-refractivity contribution in [2.24, 2.45) is 0 Å². The SMILES string of the molecule is COC(=O)N(C)CCc1ccc(OC)c(C(C)C)c1. The molecule has 0 aromatic heterocycles. The summed E-state index contributed by atoms with van der Waals surface area (Å²) in [5, 5.41) is 0. The molecule has 106 valence electrons. The number of hydrogen-bond donors (Lipinski definition) is 0. The van der Waals surface area contributed by atoms with Crippen LogP contribution in [0.25, 0.3) is 0 Å². The lowest BCUT2D eigenvalue weighted by Gasteiger charge is -2.17. The Hall–Kier alpha value is -1.71. The maximum Gasteiger partial charge on any atom is 0.409 e. The van der Waals surface area contributed by atoms with E-state index in [1.54, 1.807) is 19.1 Å².